The zero-order valence-electron chi connectivity index (χ0n) is 10.5. The summed E-state index contributed by atoms with van der Waals surface area (Å²) in [6.45, 7) is 7.63. The molecular weight excluding hydrogens is 206 g/mol. The lowest BCUT2D eigenvalue weighted by Gasteiger charge is -2.32. The van der Waals surface area contributed by atoms with Gasteiger partial charge in [0.25, 0.3) is 0 Å². The number of rotatable bonds is 4. The van der Waals surface area contributed by atoms with Crippen molar-refractivity contribution in [2.24, 2.45) is 11.8 Å². The fourth-order valence-electron chi connectivity index (χ4n) is 2.56. The Balaban J connectivity index is 2.29. The van der Waals surface area contributed by atoms with Gasteiger partial charge in [-0.15, -0.1) is 0 Å². The third kappa shape index (κ3) is 4.64. The molecule has 0 aromatic carbocycles. The zero-order chi connectivity index (χ0) is 11.4. The van der Waals surface area contributed by atoms with Crippen molar-refractivity contribution in [3.8, 4) is 0 Å². The average Bonchev–Trinajstić information content (AvgIpc) is 2.12. The van der Waals surface area contributed by atoms with Crippen LogP contribution in [0.4, 0.5) is 0 Å². The minimum Gasteiger partial charge on any atom is -0.313 e. The summed E-state index contributed by atoms with van der Waals surface area (Å²) in [6, 6.07) is 0.648. The minimum absolute atomic E-state index is 0.275. The molecule has 0 saturated heterocycles. The number of hydrogen-bond acceptors (Lipinski definition) is 2. The molecule has 1 N–H and O–H groups in total. The van der Waals surface area contributed by atoms with Crippen LogP contribution in [0, 0.1) is 11.8 Å². The highest BCUT2D eigenvalue weighted by molar-refractivity contribution is 7.84. The maximum absolute atomic E-state index is 11.2. The van der Waals surface area contributed by atoms with Gasteiger partial charge in [0.15, 0.2) is 0 Å². The van der Waals surface area contributed by atoms with Crippen LogP contribution in [-0.2, 0) is 10.8 Å². The van der Waals surface area contributed by atoms with E-state index >= 15 is 0 Å². The van der Waals surface area contributed by atoms with Crippen LogP contribution in [0.5, 0.6) is 0 Å². The quantitative estimate of drug-likeness (QED) is 0.803. The third-order valence-corrected chi connectivity index (χ3v) is 4.74. The summed E-state index contributed by atoms with van der Waals surface area (Å²) in [5.41, 5.74) is 0. The summed E-state index contributed by atoms with van der Waals surface area (Å²) in [5.74, 6) is 1.68. The first-order valence-corrected chi connectivity index (χ1v) is 7.66. The van der Waals surface area contributed by atoms with Crippen molar-refractivity contribution in [1.82, 2.24) is 5.32 Å². The Bertz CT molecular complexity index is 210. The van der Waals surface area contributed by atoms with Gasteiger partial charge in [-0.1, -0.05) is 13.8 Å². The lowest BCUT2D eigenvalue weighted by atomic mass is 9.80. The highest BCUT2D eigenvalue weighted by Gasteiger charge is 2.23. The molecule has 0 spiro atoms. The normalized spacial score (nSPS) is 36.1. The summed E-state index contributed by atoms with van der Waals surface area (Å²) >= 11 is 0. The third-order valence-electron chi connectivity index (χ3n) is 3.44. The molecule has 2 nitrogen and oxygen atoms in total. The van der Waals surface area contributed by atoms with E-state index in [0.717, 1.165) is 18.4 Å². The van der Waals surface area contributed by atoms with E-state index in [1.807, 2.05) is 0 Å². The highest BCUT2D eigenvalue weighted by atomic mass is 32.2. The fourth-order valence-corrected chi connectivity index (χ4v) is 2.89. The monoisotopic (exact) mass is 231 g/mol. The molecule has 4 unspecified atom stereocenters. The van der Waals surface area contributed by atoms with Gasteiger partial charge in [-0.05, 0) is 38.0 Å². The molecule has 1 aliphatic rings. The predicted octanol–water partition coefficient (Wildman–Crippen LogP) is 2.17. The summed E-state index contributed by atoms with van der Waals surface area (Å²) < 4.78 is 11.2. The van der Waals surface area contributed by atoms with Gasteiger partial charge in [-0.2, -0.15) is 0 Å². The van der Waals surface area contributed by atoms with Crippen LogP contribution in [0.2, 0.25) is 0 Å². The van der Waals surface area contributed by atoms with Crippen LogP contribution in [0.1, 0.15) is 40.0 Å². The minimum atomic E-state index is -0.695. The van der Waals surface area contributed by atoms with Gasteiger partial charge in [-0.3, -0.25) is 4.21 Å². The first kappa shape index (κ1) is 13.2. The Hall–Kier alpha value is 0.110. The van der Waals surface area contributed by atoms with Crippen molar-refractivity contribution in [3.63, 3.8) is 0 Å². The van der Waals surface area contributed by atoms with E-state index in [1.54, 1.807) is 6.26 Å². The van der Waals surface area contributed by atoms with Crippen LogP contribution >= 0.6 is 0 Å². The largest absolute Gasteiger partial charge is 0.313 e. The van der Waals surface area contributed by atoms with Gasteiger partial charge < -0.3 is 5.32 Å². The topological polar surface area (TPSA) is 29.1 Å². The van der Waals surface area contributed by atoms with E-state index in [0.29, 0.717) is 6.04 Å². The zero-order valence-corrected chi connectivity index (χ0v) is 11.3. The molecule has 0 amide bonds. The SMILES string of the molecule is CC1CC(C)CC(NCC(C)S(C)=O)C1. The maximum Gasteiger partial charge on any atom is 0.0441 e. The highest BCUT2D eigenvalue weighted by Crippen LogP contribution is 2.28. The van der Waals surface area contributed by atoms with E-state index in [1.165, 1.54) is 19.3 Å². The van der Waals surface area contributed by atoms with Crippen LogP contribution in [-0.4, -0.2) is 28.3 Å². The van der Waals surface area contributed by atoms with E-state index in [-0.39, 0.29) is 5.25 Å². The Kier molecular flexibility index (Phi) is 5.27. The van der Waals surface area contributed by atoms with Gasteiger partial charge in [0, 0.05) is 34.9 Å². The van der Waals surface area contributed by atoms with E-state index in [2.05, 4.69) is 26.1 Å². The van der Waals surface area contributed by atoms with E-state index < -0.39 is 10.8 Å². The van der Waals surface area contributed by atoms with Crippen LogP contribution in [0.25, 0.3) is 0 Å². The Morgan fingerprint density at radius 3 is 2.27 bits per heavy atom. The smallest absolute Gasteiger partial charge is 0.0441 e. The van der Waals surface area contributed by atoms with Crippen molar-refractivity contribution in [3.05, 3.63) is 0 Å². The Morgan fingerprint density at radius 2 is 1.80 bits per heavy atom. The molecule has 0 aromatic rings. The molecule has 1 aliphatic carbocycles. The fraction of sp³-hybridized carbons (Fsp3) is 1.00. The summed E-state index contributed by atoms with van der Waals surface area (Å²) in [4.78, 5) is 0. The molecule has 3 heteroatoms. The first-order chi connectivity index (χ1) is 6.99. The summed E-state index contributed by atoms with van der Waals surface area (Å²) in [5, 5.41) is 3.85. The standard InChI is InChI=1S/C12H25NOS/c1-9-5-10(2)7-12(6-9)13-8-11(3)15(4)14/h9-13H,5-8H2,1-4H3. The molecule has 1 fully saturated rings. The molecule has 15 heavy (non-hydrogen) atoms. The van der Waals surface area contributed by atoms with Crippen LogP contribution in [0.3, 0.4) is 0 Å². The van der Waals surface area contributed by atoms with Gasteiger partial charge in [-0.25, -0.2) is 0 Å². The molecule has 0 aliphatic heterocycles. The van der Waals surface area contributed by atoms with E-state index in [9.17, 15) is 4.21 Å². The second-order valence-corrected chi connectivity index (χ2v) is 7.13. The first-order valence-electron chi connectivity index (χ1n) is 6.04. The van der Waals surface area contributed by atoms with Crippen LogP contribution in [0.15, 0.2) is 0 Å². The van der Waals surface area contributed by atoms with Gasteiger partial charge in [0.1, 0.15) is 0 Å². The van der Waals surface area contributed by atoms with Crippen LogP contribution < -0.4 is 5.32 Å². The molecule has 0 bridgehead atoms. The number of hydrogen-bond donors (Lipinski definition) is 1. The van der Waals surface area contributed by atoms with Crippen molar-refractivity contribution < 1.29 is 4.21 Å². The second-order valence-electron chi connectivity index (χ2n) is 5.33. The van der Waals surface area contributed by atoms with Gasteiger partial charge in [0.2, 0.25) is 0 Å². The Labute approximate surface area is 96.7 Å². The predicted molar refractivity (Wildman–Crippen MR) is 67.5 cm³/mol. The van der Waals surface area contributed by atoms with Gasteiger partial charge >= 0.3 is 0 Å². The van der Waals surface area contributed by atoms with Crippen molar-refractivity contribution in [2.45, 2.75) is 51.3 Å². The molecular formula is C12H25NOS. The summed E-state index contributed by atoms with van der Waals surface area (Å²) in [6.07, 6.45) is 5.73. The number of nitrogens with one attached hydrogen (secondary N) is 1. The molecule has 0 radical (unpaired) electrons. The lowest BCUT2D eigenvalue weighted by molar-refractivity contribution is 0.240. The second kappa shape index (κ2) is 6.00. The van der Waals surface area contributed by atoms with Gasteiger partial charge in [0.05, 0.1) is 0 Å². The average molecular weight is 231 g/mol. The molecule has 90 valence electrons. The molecule has 0 aromatic heterocycles. The Morgan fingerprint density at radius 1 is 1.27 bits per heavy atom. The lowest BCUT2D eigenvalue weighted by Crippen LogP contribution is -2.40. The molecule has 0 heterocycles. The molecule has 4 atom stereocenters. The van der Waals surface area contributed by atoms with Crippen molar-refractivity contribution in [2.75, 3.05) is 12.8 Å². The van der Waals surface area contributed by atoms with Crippen molar-refractivity contribution >= 4 is 10.8 Å². The van der Waals surface area contributed by atoms with Crippen molar-refractivity contribution in [1.29, 1.82) is 0 Å². The molecule has 1 rings (SSSR count). The summed E-state index contributed by atoms with van der Waals surface area (Å²) in [7, 11) is -0.695. The maximum atomic E-state index is 11.2. The molecule has 1 saturated carbocycles. The van der Waals surface area contributed by atoms with E-state index in [4.69, 9.17) is 0 Å².